The molecule has 1 saturated heterocycles. The Bertz CT molecular complexity index is 303. The van der Waals surface area contributed by atoms with Gasteiger partial charge in [0.2, 0.25) is 0 Å². The number of nitrogens with one attached hydrogen (secondary N) is 2. The Hall–Kier alpha value is -1.36. The molecule has 0 unspecified atom stereocenters. The SMILES string of the molecule is O=C(NCN1CCCCC1)c1cn[nH]c1. The van der Waals surface area contributed by atoms with E-state index < -0.39 is 0 Å². The Balaban J connectivity index is 1.75. The van der Waals surface area contributed by atoms with Crippen molar-refractivity contribution in [1.82, 2.24) is 20.4 Å². The Morgan fingerprint density at radius 2 is 2.27 bits per heavy atom. The van der Waals surface area contributed by atoms with Crippen LogP contribution in [0.15, 0.2) is 12.4 Å². The molecule has 1 aliphatic rings. The lowest BCUT2D eigenvalue weighted by molar-refractivity contribution is 0.0914. The molecule has 82 valence electrons. The molecule has 5 nitrogen and oxygen atoms in total. The molecule has 0 aliphatic carbocycles. The Kier molecular flexibility index (Phi) is 3.34. The molecule has 2 rings (SSSR count). The van der Waals surface area contributed by atoms with Crippen molar-refractivity contribution in [3.8, 4) is 0 Å². The molecule has 1 aliphatic heterocycles. The van der Waals surface area contributed by atoms with E-state index in [9.17, 15) is 4.79 Å². The summed E-state index contributed by atoms with van der Waals surface area (Å²) in [5, 5.41) is 9.24. The van der Waals surface area contributed by atoms with Crippen LogP contribution in [0.2, 0.25) is 0 Å². The predicted molar refractivity (Wildman–Crippen MR) is 56.3 cm³/mol. The van der Waals surface area contributed by atoms with Crippen LogP contribution in [0.4, 0.5) is 0 Å². The molecule has 0 bridgehead atoms. The van der Waals surface area contributed by atoms with E-state index in [0.29, 0.717) is 12.2 Å². The van der Waals surface area contributed by atoms with E-state index in [4.69, 9.17) is 0 Å². The summed E-state index contributed by atoms with van der Waals surface area (Å²) in [6.07, 6.45) is 6.92. The minimum Gasteiger partial charge on any atom is -0.339 e. The molecule has 15 heavy (non-hydrogen) atoms. The number of nitrogens with zero attached hydrogens (tertiary/aromatic N) is 2. The Morgan fingerprint density at radius 1 is 1.47 bits per heavy atom. The quantitative estimate of drug-likeness (QED) is 0.764. The molecule has 1 fully saturated rings. The molecule has 0 spiro atoms. The molecule has 1 aromatic rings. The normalized spacial score (nSPS) is 17.6. The third kappa shape index (κ3) is 2.79. The van der Waals surface area contributed by atoms with E-state index in [1.54, 1.807) is 6.20 Å². The highest BCUT2D eigenvalue weighted by Gasteiger charge is 2.11. The number of likely N-dealkylation sites (tertiary alicyclic amines) is 1. The van der Waals surface area contributed by atoms with E-state index in [1.807, 2.05) is 0 Å². The highest BCUT2D eigenvalue weighted by molar-refractivity contribution is 5.93. The molecule has 0 aromatic carbocycles. The average molecular weight is 208 g/mol. The van der Waals surface area contributed by atoms with Gasteiger partial charge in [-0.1, -0.05) is 6.42 Å². The van der Waals surface area contributed by atoms with Crippen molar-refractivity contribution in [3.05, 3.63) is 18.0 Å². The number of rotatable bonds is 3. The number of carbonyl (C=O) groups is 1. The van der Waals surface area contributed by atoms with Gasteiger partial charge in [0, 0.05) is 6.20 Å². The highest BCUT2D eigenvalue weighted by atomic mass is 16.1. The van der Waals surface area contributed by atoms with Crippen molar-refractivity contribution >= 4 is 5.91 Å². The zero-order valence-corrected chi connectivity index (χ0v) is 8.70. The van der Waals surface area contributed by atoms with E-state index in [-0.39, 0.29) is 5.91 Å². The number of hydrogen-bond acceptors (Lipinski definition) is 3. The maximum absolute atomic E-state index is 11.6. The second-order valence-corrected chi connectivity index (χ2v) is 3.83. The first-order valence-corrected chi connectivity index (χ1v) is 5.35. The van der Waals surface area contributed by atoms with Gasteiger partial charge in [-0.15, -0.1) is 0 Å². The van der Waals surface area contributed by atoms with Crippen LogP contribution in [-0.4, -0.2) is 40.8 Å². The maximum atomic E-state index is 11.6. The average Bonchev–Trinajstić information content (AvgIpc) is 2.81. The lowest BCUT2D eigenvalue weighted by Gasteiger charge is -2.26. The van der Waals surface area contributed by atoms with Crippen LogP contribution >= 0.6 is 0 Å². The summed E-state index contributed by atoms with van der Waals surface area (Å²) in [7, 11) is 0. The lowest BCUT2D eigenvalue weighted by atomic mass is 10.1. The molecule has 0 atom stereocenters. The van der Waals surface area contributed by atoms with Gasteiger partial charge in [0.15, 0.2) is 0 Å². The number of hydrogen-bond donors (Lipinski definition) is 2. The van der Waals surface area contributed by atoms with Crippen molar-refractivity contribution in [3.63, 3.8) is 0 Å². The third-order valence-electron chi connectivity index (χ3n) is 2.67. The van der Waals surface area contributed by atoms with Crippen molar-refractivity contribution in [2.75, 3.05) is 19.8 Å². The van der Waals surface area contributed by atoms with Crippen LogP contribution in [0, 0.1) is 0 Å². The van der Waals surface area contributed by atoms with Crippen LogP contribution in [0.3, 0.4) is 0 Å². The number of aromatic nitrogens is 2. The van der Waals surface area contributed by atoms with Gasteiger partial charge in [-0.3, -0.25) is 14.8 Å². The fourth-order valence-electron chi connectivity index (χ4n) is 1.78. The first kappa shape index (κ1) is 10.2. The fraction of sp³-hybridized carbons (Fsp3) is 0.600. The monoisotopic (exact) mass is 208 g/mol. The van der Waals surface area contributed by atoms with E-state index in [2.05, 4.69) is 20.4 Å². The fourth-order valence-corrected chi connectivity index (χ4v) is 1.78. The van der Waals surface area contributed by atoms with Gasteiger partial charge in [0.1, 0.15) is 0 Å². The molecule has 5 heteroatoms. The van der Waals surface area contributed by atoms with Crippen LogP contribution in [-0.2, 0) is 0 Å². The van der Waals surface area contributed by atoms with Gasteiger partial charge >= 0.3 is 0 Å². The molecule has 1 aromatic heterocycles. The van der Waals surface area contributed by atoms with Crippen molar-refractivity contribution in [1.29, 1.82) is 0 Å². The molecule has 0 radical (unpaired) electrons. The second-order valence-electron chi connectivity index (χ2n) is 3.83. The third-order valence-corrected chi connectivity index (χ3v) is 2.67. The summed E-state index contributed by atoms with van der Waals surface area (Å²) >= 11 is 0. The summed E-state index contributed by atoms with van der Waals surface area (Å²) in [5.74, 6) is -0.0608. The minimum absolute atomic E-state index is 0.0608. The lowest BCUT2D eigenvalue weighted by Crippen LogP contribution is -2.40. The first-order chi connectivity index (χ1) is 7.36. The van der Waals surface area contributed by atoms with E-state index in [1.165, 1.54) is 25.5 Å². The van der Waals surface area contributed by atoms with Gasteiger partial charge in [-0.25, -0.2) is 0 Å². The number of aromatic amines is 1. The van der Waals surface area contributed by atoms with Crippen LogP contribution in [0.5, 0.6) is 0 Å². The summed E-state index contributed by atoms with van der Waals surface area (Å²) < 4.78 is 0. The van der Waals surface area contributed by atoms with Gasteiger partial charge in [0.25, 0.3) is 5.91 Å². The number of piperidine rings is 1. The molecular weight excluding hydrogens is 192 g/mol. The Labute approximate surface area is 88.8 Å². The van der Waals surface area contributed by atoms with Gasteiger partial charge in [0.05, 0.1) is 18.4 Å². The van der Waals surface area contributed by atoms with Gasteiger partial charge < -0.3 is 5.32 Å². The molecule has 2 heterocycles. The molecule has 0 saturated carbocycles. The zero-order chi connectivity index (χ0) is 10.5. The van der Waals surface area contributed by atoms with Crippen molar-refractivity contribution in [2.45, 2.75) is 19.3 Å². The smallest absolute Gasteiger partial charge is 0.255 e. The maximum Gasteiger partial charge on any atom is 0.255 e. The Morgan fingerprint density at radius 3 is 2.93 bits per heavy atom. The highest BCUT2D eigenvalue weighted by Crippen LogP contribution is 2.07. The molecule has 2 N–H and O–H groups in total. The summed E-state index contributed by atoms with van der Waals surface area (Å²) in [6.45, 7) is 2.82. The van der Waals surface area contributed by atoms with Gasteiger partial charge in [-0.05, 0) is 25.9 Å². The largest absolute Gasteiger partial charge is 0.339 e. The second kappa shape index (κ2) is 4.93. The predicted octanol–water partition coefficient (Wildman–Crippen LogP) is 0.583. The first-order valence-electron chi connectivity index (χ1n) is 5.35. The van der Waals surface area contributed by atoms with Crippen LogP contribution in [0.25, 0.3) is 0 Å². The van der Waals surface area contributed by atoms with Crippen molar-refractivity contribution < 1.29 is 4.79 Å². The zero-order valence-electron chi connectivity index (χ0n) is 8.70. The summed E-state index contributed by atoms with van der Waals surface area (Å²) in [6, 6.07) is 0. The summed E-state index contributed by atoms with van der Waals surface area (Å²) in [5.41, 5.74) is 0.590. The van der Waals surface area contributed by atoms with Crippen LogP contribution < -0.4 is 5.32 Å². The van der Waals surface area contributed by atoms with Gasteiger partial charge in [-0.2, -0.15) is 5.10 Å². The number of amides is 1. The van der Waals surface area contributed by atoms with E-state index in [0.717, 1.165) is 13.1 Å². The van der Waals surface area contributed by atoms with Crippen LogP contribution in [0.1, 0.15) is 29.6 Å². The van der Waals surface area contributed by atoms with Crippen molar-refractivity contribution in [2.24, 2.45) is 0 Å². The number of H-pyrrole nitrogens is 1. The molecule has 1 amide bonds. The standard InChI is InChI=1S/C10H16N4O/c15-10(9-6-12-13-7-9)11-8-14-4-2-1-3-5-14/h6-7H,1-5,8H2,(H,11,15)(H,12,13). The minimum atomic E-state index is -0.0608. The topological polar surface area (TPSA) is 61.0 Å². The molecular formula is C10H16N4O. The summed E-state index contributed by atoms with van der Waals surface area (Å²) in [4.78, 5) is 13.8. The number of carbonyl (C=O) groups excluding carboxylic acids is 1. The van der Waals surface area contributed by atoms with E-state index >= 15 is 0 Å².